The van der Waals surface area contributed by atoms with Gasteiger partial charge in [0.05, 0.1) is 11.0 Å². The highest BCUT2D eigenvalue weighted by atomic mass is 15.0. The lowest BCUT2D eigenvalue weighted by atomic mass is 9.87. The summed E-state index contributed by atoms with van der Waals surface area (Å²) in [6.45, 7) is 11.2. The normalized spacial score (nSPS) is 11.9. The number of fused-ring (bicyclic) bond motifs is 3. The maximum Gasteiger partial charge on any atom is 0.0541 e. The molecule has 0 spiro atoms. The molecular formula is C36H33N. The molecule has 5 aromatic carbocycles. The first-order valence-corrected chi connectivity index (χ1v) is 13.1. The highest BCUT2D eigenvalue weighted by molar-refractivity contribution is 6.11. The third kappa shape index (κ3) is 4.05. The number of rotatable bonds is 3. The van der Waals surface area contributed by atoms with E-state index < -0.39 is 0 Å². The summed E-state index contributed by atoms with van der Waals surface area (Å²) < 4.78 is 2.42. The van der Waals surface area contributed by atoms with Crippen LogP contribution in [0, 0.1) is 13.8 Å². The monoisotopic (exact) mass is 479 g/mol. The Morgan fingerprint density at radius 3 is 1.41 bits per heavy atom. The van der Waals surface area contributed by atoms with Gasteiger partial charge in [0, 0.05) is 16.5 Å². The number of hydrogen-bond acceptors (Lipinski definition) is 0. The summed E-state index contributed by atoms with van der Waals surface area (Å²) >= 11 is 0. The van der Waals surface area contributed by atoms with E-state index in [1.807, 2.05) is 0 Å². The van der Waals surface area contributed by atoms with Crippen molar-refractivity contribution >= 4 is 21.8 Å². The van der Waals surface area contributed by atoms with Gasteiger partial charge in [-0.15, -0.1) is 0 Å². The van der Waals surface area contributed by atoms with Crippen molar-refractivity contribution in [2.45, 2.75) is 40.0 Å². The molecule has 0 N–H and O–H groups in total. The molecule has 6 rings (SSSR count). The van der Waals surface area contributed by atoms with Crippen LogP contribution in [0.15, 0.2) is 109 Å². The fraction of sp³-hybridized carbons (Fsp3) is 0.167. The predicted octanol–water partition coefficient (Wildman–Crippen LogP) is 10.0. The molecule has 1 heterocycles. The van der Waals surface area contributed by atoms with Gasteiger partial charge >= 0.3 is 0 Å². The minimum absolute atomic E-state index is 0.129. The quantitative estimate of drug-likeness (QED) is 0.238. The zero-order chi connectivity index (χ0) is 25.7. The highest BCUT2D eigenvalue weighted by Gasteiger charge is 2.17. The van der Waals surface area contributed by atoms with Crippen LogP contribution in [0.3, 0.4) is 0 Å². The van der Waals surface area contributed by atoms with Gasteiger partial charge in [-0.25, -0.2) is 0 Å². The molecule has 1 aromatic heterocycles. The van der Waals surface area contributed by atoms with Crippen molar-refractivity contribution < 1.29 is 0 Å². The van der Waals surface area contributed by atoms with Gasteiger partial charge in [0.15, 0.2) is 0 Å². The van der Waals surface area contributed by atoms with E-state index in [0.717, 1.165) is 0 Å². The van der Waals surface area contributed by atoms with Gasteiger partial charge in [-0.3, -0.25) is 0 Å². The maximum atomic E-state index is 2.42. The number of benzene rings is 5. The van der Waals surface area contributed by atoms with Gasteiger partial charge < -0.3 is 4.57 Å². The van der Waals surface area contributed by atoms with Gasteiger partial charge in [-0.2, -0.15) is 0 Å². The van der Waals surface area contributed by atoms with Crippen LogP contribution in [-0.4, -0.2) is 4.57 Å². The van der Waals surface area contributed by atoms with Crippen molar-refractivity contribution in [3.63, 3.8) is 0 Å². The molecule has 0 unspecified atom stereocenters. The second kappa shape index (κ2) is 8.78. The molecule has 0 fully saturated rings. The summed E-state index contributed by atoms with van der Waals surface area (Å²) in [5.41, 5.74) is 12.8. The van der Waals surface area contributed by atoms with Gasteiger partial charge in [-0.05, 0) is 94.6 Å². The Morgan fingerprint density at radius 2 is 0.973 bits per heavy atom. The molecule has 37 heavy (non-hydrogen) atoms. The predicted molar refractivity (Wildman–Crippen MR) is 160 cm³/mol. The lowest BCUT2D eigenvalue weighted by Gasteiger charge is -2.19. The van der Waals surface area contributed by atoms with Crippen LogP contribution in [0.5, 0.6) is 0 Å². The minimum atomic E-state index is 0.129. The smallest absolute Gasteiger partial charge is 0.0541 e. The Labute approximate surface area is 220 Å². The number of aromatic nitrogens is 1. The lowest BCUT2D eigenvalue weighted by Crippen LogP contribution is -2.10. The minimum Gasteiger partial charge on any atom is -0.309 e. The van der Waals surface area contributed by atoms with Crippen molar-refractivity contribution in [3.05, 3.63) is 126 Å². The van der Waals surface area contributed by atoms with Crippen LogP contribution < -0.4 is 0 Å². The fourth-order valence-electron chi connectivity index (χ4n) is 5.54. The Morgan fingerprint density at radius 1 is 0.514 bits per heavy atom. The summed E-state index contributed by atoms with van der Waals surface area (Å²) in [6.07, 6.45) is 0. The molecule has 0 amide bonds. The highest BCUT2D eigenvalue weighted by Crippen LogP contribution is 2.38. The van der Waals surface area contributed by atoms with Crippen molar-refractivity contribution in [1.29, 1.82) is 0 Å². The Hall–Kier alpha value is -4.10. The van der Waals surface area contributed by atoms with E-state index in [-0.39, 0.29) is 5.41 Å². The molecule has 0 atom stereocenters. The van der Waals surface area contributed by atoms with E-state index in [4.69, 9.17) is 0 Å². The first-order chi connectivity index (χ1) is 17.8. The standard InChI is InChI=1S/C36H33N/c1-24-10-6-8-12-30(24)26-14-20-34-32(22-26)33-23-27(31-13-9-7-11-25(31)2)15-21-35(33)37(34)29-18-16-28(17-19-29)36(3,4)5/h6-23H,1-5H3. The van der Waals surface area contributed by atoms with E-state index in [9.17, 15) is 0 Å². The maximum absolute atomic E-state index is 2.42. The number of nitrogens with zero attached hydrogens (tertiary/aromatic N) is 1. The van der Waals surface area contributed by atoms with E-state index in [1.54, 1.807) is 0 Å². The van der Waals surface area contributed by atoms with E-state index >= 15 is 0 Å². The Bertz CT molecular complexity index is 1660. The molecule has 1 heteroatoms. The molecule has 0 saturated carbocycles. The average molecular weight is 480 g/mol. The van der Waals surface area contributed by atoms with E-state index in [1.165, 1.54) is 66.4 Å². The number of hydrogen-bond donors (Lipinski definition) is 0. The van der Waals surface area contributed by atoms with Gasteiger partial charge in [-0.1, -0.05) is 93.6 Å². The van der Waals surface area contributed by atoms with Crippen LogP contribution in [-0.2, 0) is 5.41 Å². The Balaban J connectivity index is 1.63. The van der Waals surface area contributed by atoms with Crippen molar-refractivity contribution in [2.75, 3.05) is 0 Å². The van der Waals surface area contributed by atoms with Gasteiger partial charge in [0.1, 0.15) is 0 Å². The van der Waals surface area contributed by atoms with E-state index in [2.05, 4.69) is 148 Å². The molecule has 182 valence electrons. The van der Waals surface area contributed by atoms with Crippen LogP contribution in [0.1, 0.15) is 37.5 Å². The third-order valence-electron chi connectivity index (χ3n) is 7.67. The van der Waals surface area contributed by atoms with Crippen LogP contribution >= 0.6 is 0 Å². The molecule has 0 saturated heterocycles. The summed E-state index contributed by atoms with van der Waals surface area (Å²) in [4.78, 5) is 0. The molecule has 0 bridgehead atoms. The lowest BCUT2D eigenvalue weighted by molar-refractivity contribution is 0.590. The molecule has 0 aliphatic rings. The number of aryl methyl sites for hydroxylation is 2. The summed E-state index contributed by atoms with van der Waals surface area (Å²) in [5, 5.41) is 2.57. The molecular weight excluding hydrogens is 446 g/mol. The third-order valence-corrected chi connectivity index (χ3v) is 7.67. The van der Waals surface area contributed by atoms with Gasteiger partial charge in [0.25, 0.3) is 0 Å². The molecule has 0 aliphatic heterocycles. The molecule has 0 aliphatic carbocycles. The largest absolute Gasteiger partial charge is 0.309 e. The zero-order valence-corrected chi connectivity index (χ0v) is 22.3. The molecule has 1 nitrogen and oxygen atoms in total. The first-order valence-electron chi connectivity index (χ1n) is 13.1. The SMILES string of the molecule is Cc1ccccc1-c1ccc2c(c1)c1cc(-c3ccccc3C)ccc1n2-c1ccc(C(C)(C)C)cc1. The fourth-order valence-corrected chi connectivity index (χ4v) is 5.54. The van der Waals surface area contributed by atoms with Crippen molar-refractivity contribution in [3.8, 4) is 27.9 Å². The van der Waals surface area contributed by atoms with Crippen LogP contribution in [0.2, 0.25) is 0 Å². The molecule has 0 radical (unpaired) electrons. The molecule has 6 aromatic rings. The first kappa shape index (κ1) is 23.3. The van der Waals surface area contributed by atoms with Crippen molar-refractivity contribution in [2.24, 2.45) is 0 Å². The average Bonchev–Trinajstić information content (AvgIpc) is 3.22. The summed E-state index contributed by atoms with van der Waals surface area (Å²) in [7, 11) is 0. The van der Waals surface area contributed by atoms with Gasteiger partial charge in [0.2, 0.25) is 0 Å². The second-order valence-electron chi connectivity index (χ2n) is 11.2. The van der Waals surface area contributed by atoms with Crippen LogP contribution in [0.25, 0.3) is 49.7 Å². The Kier molecular flexibility index (Phi) is 5.53. The zero-order valence-electron chi connectivity index (χ0n) is 22.3. The second-order valence-corrected chi connectivity index (χ2v) is 11.2. The topological polar surface area (TPSA) is 4.93 Å². The van der Waals surface area contributed by atoms with Crippen LogP contribution in [0.4, 0.5) is 0 Å². The van der Waals surface area contributed by atoms with E-state index in [0.29, 0.717) is 0 Å². The summed E-state index contributed by atoms with van der Waals surface area (Å²) in [5.74, 6) is 0. The summed E-state index contributed by atoms with van der Waals surface area (Å²) in [6, 6.07) is 40.3. The van der Waals surface area contributed by atoms with Crippen molar-refractivity contribution in [1.82, 2.24) is 4.57 Å².